The van der Waals surface area contributed by atoms with E-state index < -0.39 is 16.9 Å². The number of hydrogen-bond acceptors (Lipinski definition) is 5. The summed E-state index contributed by atoms with van der Waals surface area (Å²) in [5.74, 6) is -0.657. The van der Waals surface area contributed by atoms with E-state index in [9.17, 15) is 14.9 Å². The maximum Gasteiger partial charge on any atom is 0.305 e. The summed E-state index contributed by atoms with van der Waals surface area (Å²) in [5, 5.41) is 20.6. The van der Waals surface area contributed by atoms with Crippen molar-refractivity contribution in [3.05, 3.63) is 39.6 Å². The Morgan fingerprint density at radius 3 is 3.00 bits per heavy atom. The van der Waals surface area contributed by atoms with Gasteiger partial charge in [-0.25, -0.2) is 4.99 Å². The SMILES string of the molecule is Cc1cc([N+](=O)[O-])c2[nH]c(C3=N[C@H](CC(=O)O)CO3)cc2c1. The number of fused-ring (bicyclic) bond motifs is 1. The van der Waals surface area contributed by atoms with Crippen molar-refractivity contribution in [2.45, 2.75) is 19.4 Å². The summed E-state index contributed by atoms with van der Waals surface area (Å²) in [6, 6.07) is 4.60. The second kappa shape index (κ2) is 5.14. The molecule has 1 aromatic heterocycles. The van der Waals surface area contributed by atoms with Crippen LogP contribution in [0.15, 0.2) is 23.2 Å². The van der Waals surface area contributed by atoms with E-state index in [1.165, 1.54) is 6.07 Å². The maximum absolute atomic E-state index is 11.1. The number of nitro groups is 1. The van der Waals surface area contributed by atoms with Crippen LogP contribution in [-0.4, -0.2) is 39.5 Å². The number of nitrogens with zero attached hydrogens (tertiary/aromatic N) is 2. The Morgan fingerprint density at radius 2 is 2.32 bits per heavy atom. The predicted molar refractivity (Wildman–Crippen MR) is 78.2 cm³/mol. The summed E-state index contributed by atoms with van der Waals surface area (Å²) in [4.78, 5) is 28.5. The number of aromatic amines is 1. The van der Waals surface area contributed by atoms with Crippen molar-refractivity contribution in [1.29, 1.82) is 0 Å². The van der Waals surface area contributed by atoms with Gasteiger partial charge >= 0.3 is 5.97 Å². The van der Waals surface area contributed by atoms with E-state index in [1.807, 2.05) is 6.07 Å². The first-order valence-corrected chi connectivity index (χ1v) is 6.64. The summed E-state index contributed by atoms with van der Waals surface area (Å²) in [7, 11) is 0. The molecule has 2 aromatic rings. The van der Waals surface area contributed by atoms with Crippen molar-refractivity contribution >= 4 is 28.5 Å². The first-order chi connectivity index (χ1) is 10.4. The molecule has 8 heteroatoms. The highest BCUT2D eigenvalue weighted by molar-refractivity contribution is 6.01. The highest BCUT2D eigenvalue weighted by Gasteiger charge is 2.25. The van der Waals surface area contributed by atoms with Crippen LogP contribution in [0.1, 0.15) is 17.7 Å². The Labute approximate surface area is 124 Å². The third-order valence-electron chi connectivity index (χ3n) is 3.40. The Morgan fingerprint density at radius 1 is 1.55 bits per heavy atom. The third kappa shape index (κ3) is 2.50. The van der Waals surface area contributed by atoms with Gasteiger partial charge in [0.25, 0.3) is 5.69 Å². The lowest BCUT2D eigenvalue weighted by atomic mass is 10.1. The average molecular weight is 303 g/mol. The highest BCUT2D eigenvalue weighted by atomic mass is 16.6. The van der Waals surface area contributed by atoms with Gasteiger partial charge in [-0.05, 0) is 24.6 Å². The number of nitro benzene ring substituents is 1. The molecule has 0 fully saturated rings. The molecule has 2 N–H and O–H groups in total. The van der Waals surface area contributed by atoms with E-state index >= 15 is 0 Å². The Kier molecular flexibility index (Phi) is 3.28. The fraction of sp³-hybridized carbons (Fsp3) is 0.286. The van der Waals surface area contributed by atoms with E-state index in [-0.39, 0.29) is 24.6 Å². The second-order valence-corrected chi connectivity index (χ2v) is 5.19. The maximum atomic E-state index is 11.1. The van der Waals surface area contributed by atoms with E-state index in [4.69, 9.17) is 9.84 Å². The van der Waals surface area contributed by atoms with Gasteiger partial charge in [0.1, 0.15) is 17.8 Å². The molecule has 0 unspecified atom stereocenters. The molecule has 0 spiro atoms. The molecule has 0 aliphatic carbocycles. The van der Waals surface area contributed by atoms with Gasteiger partial charge in [0.05, 0.1) is 17.4 Å². The number of hydrogen-bond donors (Lipinski definition) is 2. The molecule has 1 aliphatic rings. The van der Waals surface area contributed by atoms with Gasteiger partial charge in [-0.2, -0.15) is 0 Å². The largest absolute Gasteiger partial charge is 0.481 e. The van der Waals surface area contributed by atoms with Gasteiger partial charge in [-0.3, -0.25) is 14.9 Å². The fourth-order valence-electron chi connectivity index (χ4n) is 2.50. The van der Waals surface area contributed by atoms with Crippen LogP contribution in [0, 0.1) is 17.0 Å². The van der Waals surface area contributed by atoms with Gasteiger partial charge in [-0.1, -0.05) is 0 Å². The van der Waals surface area contributed by atoms with Crippen LogP contribution >= 0.6 is 0 Å². The van der Waals surface area contributed by atoms with Crippen LogP contribution in [-0.2, 0) is 9.53 Å². The number of H-pyrrole nitrogens is 1. The summed E-state index contributed by atoms with van der Waals surface area (Å²) in [5.41, 5.74) is 1.68. The molecular weight excluding hydrogens is 290 g/mol. The third-order valence-corrected chi connectivity index (χ3v) is 3.40. The minimum Gasteiger partial charge on any atom is -0.481 e. The summed E-state index contributed by atoms with van der Waals surface area (Å²) >= 11 is 0. The van der Waals surface area contributed by atoms with Crippen LogP contribution in [0.5, 0.6) is 0 Å². The molecule has 0 saturated heterocycles. The molecule has 0 bridgehead atoms. The zero-order valence-corrected chi connectivity index (χ0v) is 11.7. The van der Waals surface area contributed by atoms with Crippen molar-refractivity contribution in [3.8, 4) is 0 Å². The van der Waals surface area contributed by atoms with Crippen molar-refractivity contribution in [2.75, 3.05) is 6.61 Å². The van der Waals surface area contributed by atoms with Gasteiger partial charge < -0.3 is 14.8 Å². The van der Waals surface area contributed by atoms with Gasteiger partial charge in [0.15, 0.2) is 0 Å². The lowest BCUT2D eigenvalue weighted by Gasteiger charge is -1.98. The van der Waals surface area contributed by atoms with Crippen molar-refractivity contribution in [2.24, 2.45) is 4.99 Å². The number of aliphatic imine (C=N–C) groups is 1. The Bertz CT molecular complexity index is 808. The van der Waals surface area contributed by atoms with E-state index in [1.54, 1.807) is 13.0 Å². The van der Waals surface area contributed by atoms with E-state index in [2.05, 4.69) is 9.98 Å². The monoisotopic (exact) mass is 303 g/mol. The highest BCUT2D eigenvalue weighted by Crippen LogP contribution is 2.28. The number of aliphatic carboxylic acids is 1. The zero-order chi connectivity index (χ0) is 15.9. The number of benzene rings is 1. The smallest absolute Gasteiger partial charge is 0.305 e. The number of aryl methyl sites for hydroxylation is 1. The number of carbonyl (C=O) groups is 1. The molecule has 0 amide bonds. The van der Waals surface area contributed by atoms with Crippen LogP contribution in [0.3, 0.4) is 0 Å². The molecule has 22 heavy (non-hydrogen) atoms. The quantitative estimate of drug-likeness (QED) is 0.661. The number of nitrogens with one attached hydrogen (secondary N) is 1. The number of non-ortho nitro benzene ring substituents is 1. The lowest BCUT2D eigenvalue weighted by Crippen LogP contribution is -2.12. The minimum absolute atomic E-state index is 0.0121. The number of ether oxygens (including phenoxy) is 1. The molecule has 0 saturated carbocycles. The summed E-state index contributed by atoms with van der Waals surface area (Å²) in [6.07, 6.45) is -0.108. The van der Waals surface area contributed by atoms with E-state index in [0.29, 0.717) is 16.6 Å². The van der Waals surface area contributed by atoms with Gasteiger partial charge in [0.2, 0.25) is 5.90 Å². The number of carboxylic acids is 1. The first kappa shape index (κ1) is 14.1. The van der Waals surface area contributed by atoms with Crippen LogP contribution in [0.2, 0.25) is 0 Å². The lowest BCUT2D eigenvalue weighted by molar-refractivity contribution is -0.383. The molecule has 0 radical (unpaired) electrons. The standard InChI is InChI=1S/C14H13N3O5/c1-7-2-8-4-10(16-13(8)11(3-7)17(20)21)14-15-9(6-22-14)5-12(18)19/h2-4,9,16H,5-6H2,1H3,(H,18,19)/t9-/m1/s1. The van der Waals surface area contributed by atoms with E-state index in [0.717, 1.165) is 5.56 Å². The van der Waals surface area contributed by atoms with Crippen LogP contribution in [0.25, 0.3) is 10.9 Å². The van der Waals surface area contributed by atoms with Crippen LogP contribution in [0.4, 0.5) is 5.69 Å². The van der Waals surface area contributed by atoms with Crippen molar-refractivity contribution in [1.82, 2.24) is 4.98 Å². The number of rotatable bonds is 4. The number of carboxylic acid groups (broad SMARTS) is 1. The Hall–Kier alpha value is -2.90. The van der Waals surface area contributed by atoms with Gasteiger partial charge in [0, 0.05) is 11.5 Å². The molecule has 1 aliphatic heterocycles. The summed E-state index contributed by atoms with van der Waals surface area (Å²) in [6.45, 7) is 1.98. The minimum atomic E-state index is -0.943. The average Bonchev–Trinajstić information content (AvgIpc) is 3.02. The molecular formula is C14H13N3O5. The second-order valence-electron chi connectivity index (χ2n) is 5.19. The summed E-state index contributed by atoms with van der Waals surface area (Å²) < 4.78 is 5.40. The normalized spacial score (nSPS) is 17.3. The molecule has 8 nitrogen and oxygen atoms in total. The van der Waals surface area contributed by atoms with Crippen molar-refractivity contribution < 1.29 is 19.6 Å². The topological polar surface area (TPSA) is 118 Å². The van der Waals surface area contributed by atoms with Crippen LogP contribution < -0.4 is 0 Å². The predicted octanol–water partition coefficient (Wildman–Crippen LogP) is 2.00. The van der Waals surface area contributed by atoms with Gasteiger partial charge in [-0.15, -0.1) is 0 Å². The molecule has 1 atom stereocenters. The molecule has 1 aromatic carbocycles. The first-order valence-electron chi connectivity index (χ1n) is 6.64. The number of aromatic nitrogens is 1. The zero-order valence-electron chi connectivity index (χ0n) is 11.7. The molecule has 3 rings (SSSR count). The molecule has 114 valence electrons. The fourth-order valence-corrected chi connectivity index (χ4v) is 2.50. The van der Waals surface area contributed by atoms with Crippen molar-refractivity contribution in [3.63, 3.8) is 0 Å². The molecule has 2 heterocycles. The Balaban J connectivity index is 2.01.